The van der Waals surface area contributed by atoms with Crippen LogP contribution in [0.5, 0.6) is 0 Å². The molecule has 0 aliphatic rings. The molecular formula is C20H28N2O6. The van der Waals surface area contributed by atoms with E-state index in [0.717, 1.165) is 19.3 Å². The van der Waals surface area contributed by atoms with Gasteiger partial charge in [-0.2, -0.15) is 0 Å². The predicted octanol–water partition coefficient (Wildman–Crippen LogP) is 1.73. The summed E-state index contributed by atoms with van der Waals surface area (Å²) in [6.45, 7) is 0.530. The van der Waals surface area contributed by atoms with Crippen molar-refractivity contribution in [3.8, 4) is 0 Å². The van der Waals surface area contributed by atoms with Crippen LogP contribution < -0.4 is 10.6 Å². The number of hydrogen-bond donors (Lipinski definition) is 4. The SMILES string of the molecule is O=C(O)C[C@H](NC(=O)CCCCCNC(=O)CCCc1ccccc1)C(=O)O. The second kappa shape index (κ2) is 13.3. The molecule has 1 rings (SSSR count). The first-order valence-electron chi connectivity index (χ1n) is 9.43. The summed E-state index contributed by atoms with van der Waals surface area (Å²) < 4.78 is 0. The van der Waals surface area contributed by atoms with Crippen molar-refractivity contribution < 1.29 is 29.4 Å². The van der Waals surface area contributed by atoms with E-state index in [2.05, 4.69) is 10.6 Å². The zero-order valence-electron chi connectivity index (χ0n) is 15.9. The third-order valence-electron chi connectivity index (χ3n) is 4.13. The fourth-order valence-electron chi connectivity index (χ4n) is 2.64. The van der Waals surface area contributed by atoms with Gasteiger partial charge in [0.15, 0.2) is 0 Å². The molecule has 1 aromatic rings. The maximum Gasteiger partial charge on any atom is 0.326 e. The quantitative estimate of drug-likeness (QED) is 0.356. The maximum atomic E-state index is 11.8. The molecule has 0 aliphatic carbocycles. The number of amides is 2. The highest BCUT2D eigenvalue weighted by Crippen LogP contribution is 2.05. The molecule has 0 unspecified atom stereocenters. The minimum absolute atomic E-state index is 0.00615. The molecule has 0 saturated carbocycles. The van der Waals surface area contributed by atoms with Crippen LogP contribution >= 0.6 is 0 Å². The number of carbonyl (C=O) groups is 4. The van der Waals surface area contributed by atoms with Crippen LogP contribution in [0.1, 0.15) is 50.5 Å². The largest absolute Gasteiger partial charge is 0.481 e. The molecule has 154 valence electrons. The summed E-state index contributed by atoms with van der Waals surface area (Å²) >= 11 is 0. The van der Waals surface area contributed by atoms with Crippen LogP contribution in [0.25, 0.3) is 0 Å². The molecule has 0 fully saturated rings. The molecule has 8 heteroatoms. The van der Waals surface area contributed by atoms with Gasteiger partial charge in [-0.3, -0.25) is 14.4 Å². The number of carboxylic acids is 2. The summed E-state index contributed by atoms with van der Waals surface area (Å²) in [5, 5.41) is 22.5. The first-order valence-corrected chi connectivity index (χ1v) is 9.43. The Morgan fingerprint density at radius 2 is 1.54 bits per heavy atom. The Morgan fingerprint density at radius 1 is 0.857 bits per heavy atom. The summed E-state index contributed by atoms with van der Waals surface area (Å²) in [6, 6.07) is 8.57. The molecule has 0 saturated heterocycles. The van der Waals surface area contributed by atoms with Crippen molar-refractivity contribution >= 4 is 23.8 Å². The van der Waals surface area contributed by atoms with Crippen LogP contribution in [0.15, 0.2) is 30.3 Å². The Hall–Kier alpha value is -2.90. The van der Waals surface area contributed by atoms with Crippen molar-refractivity contribution in [2.45, 2.75) is 57.4 Å². The highest BCUT2D eigenvalue weighted by Gasteiger charge is 2.22. The van der Waals surface area contributed by atoms with Crippen LogP contribution in [0.4, 0.5) is 0 Å². The van der Waals surface area contributed by atoms with E-state index in [-0.39, 0.29) is 12.3 Å². The standard InChI is InChI=1S/C20H28N2O6/c23-17(12-7-10-15-8-3-1-4-9-15)21-13-6-2-5-11-18(24)22-16(20(27)28)14-19(25)26/h1,3-4,8-9,16H,2,5-7,10-14H2,(H,21,23)(H,22,24)(H,25,26)(H,27,28)/t16-/m0/s1. The van der Waals surface area contributed by atoms with Gasteiger partial charge in [-0.05, 0) is 31.2 Å². The van der Waals surface area contributed by atoms with Gasteiger partial charge in [0.2, 0.25) is 11.8 Å². The van der Waals surface area contributed by atoms with Gasteiger partial charge in [0.1, 0.15) is 6.04 Å². The van der Waals surface area contributed by atoms with Crippen molar-refractivity contribution in [1.82, 2.24) is 10.6 Å². The number of unbranched alkanes of at least 4 members (excludes halogenated alkanes) is 2. The van der Waals surface area contributed by atoms with E-state index in [1.807, 2.05) is 30.3 Å². The zero-order valence-corrected chi connectivity index (χ0v) is 15.9. The smallest absolute Gasteiger partial charge is 0.326 e. The second-order valence-corrected chi connectivity index (χ2v) is 6.56. The van der Waals surface area contributed by atoms with E-state index in [1.54, 1.807) is 0 Å². The summed E-state index contributed by atoms with van der Waals surface area (Å²) in [6.07, 6.45) is 3.54. The lowest BCUT2D eigenvalue weighted by atomic mass is 10.1. The van der Waals surface area contributed by atoms with Crippen LogP contribution in [0.3, 0.4) is 0 Å². The van der Waals surface area contributed by atoms with Crippen molar-refractivity contribution in [3.05, 3.63) is 35.9 Å². The summed E-state index contributed by atoms with van der Waals surface area (Å²) in [5.74, 6) is -3.14. The number of aliphatic carboxylic acids is 2. The predicted molar refractivity (Wildman–Crippen MR) is 103 cm³/mol. The molecular weight excluding hydrogens is 364 g/mol. The van der Waals surface area contributed by atoms with Gasteiger partial charge in [-0.15, -0.1) is 0 Å². The van der Waals surface area contributed by atoms with E-state index in [0.29, 0.717) is 25.8 Å². The van der Waals surface area contributed by atoms with Crippen molar-refractivity contribution in [1.29, 1.82) is 0 Å². The minimum Gasteiger partial charge on any atom is -0.481 e. The summed E-state index contributed by atoms with van der Waals surface area (Å²) in [5.41, 5.74) is 1.21. The number of rotatable bonds is 14. The number of carboxylic acid groups (broad SMARTS) is 2. The molecule has 28 heavy (non-hydrogen) atoms. The molecule has 4 N–H and O–H groups in total. The molecule has 2 amide bonds. The van der Waals surface area contributed by atoms with Crippen molar-refractivity contribution in [2.75, 3.05) is 6.54 Å². The third-order valence-corrected chi connectivity index (χ3v) is 4.13. The third kappa shape index (κ3) is 10.9. The topological polar surface area (TPSA) is 133 Å². The lowest BCUT2D eigenvalue weighted by Crippen LogP contribution is -2.42. The first-order chi connectivity index (χ1) is 13.4. The number of aryl methyl sites for hydroxylation is 1. The fourth-order valence-corrected chi connectivity index (χ4v) is 2.64. The van der Waals surface area contributed by atoms with Gasteiger partial charge >= 0.3 is 11.9 Å². The lowest BCUT2D eigenvalue weighted by molar-refractivity contribution is -0.147. The second-order valence-electron chi connectivity index (χ2n) is 6.56. The maximum absolute atomic E-state index is 11.8. The van der Waals surface area contributed by atoms with E-state index in [9.17, 15) is 19.2 Å². The Bertz CT molecular complexity index is 647. The number of carbonyl (C=O) groups excluding carboxylic acids is 2. The Morgan fingerprint density at radius 3 is 2.18 bits per heavy atom. The molecule has 0 radical (unpaired) electrons. The van der Waals surface area contributed by atoms with Gasteiger partial charge in [0.25, 0.3) is 0 Å². The number of benzene rings is 1. The monoisotopic (exact) mass is 392 g/mol. The van der Waals surface area contributed by atoms with Gasteiger partial charge in [-0.1, -0.05) is 36.8 Å². The van der Waals surface area contributed by atoms with Crippen molar-refractivity contribution in [2.24, 2.45) is 0 Å². The van der Waals surface area contributed by atoms with E-state index in [4.69, 9.17) is 10.2 Å². The van der Waals surface area contributed by atoms with Gasteiger partial charge in [0, 0.05) is 19.4 Å². The van der Waals surface area contributed by atoms with Crippen molar-refractivity contribution in [3.63, 3.8) is 0 Å². The van der Waals surface area contributed by atoms with Crippen LogP contribution in [-0.4, -0.2) is 46.6 Å². The molecule has 0 aromatic heterocycles. The summed E-state index contributed by atoms with van der Waals surface area (Å²) in [7, 11) is 0. The molecule has 0 bridgehead atoms. The molecule has 0 spiro atoms. The van der Waals surface area contributed by atoms with E-state index in [1.165, 1.54) is 5.56 Å². The molecule has 8 nitrogen and oxygen atoms in total. The number of hydrogen-bond acceptors (Lipinski definition) is 4. The molecule has 1 aromatic carbocycles. The van der Waals surface area contributed by atoms with Crippen LogP contribution in [0.2, 0.25) is 0 Å². The molecule has 1 atom stereocenters. The minimum atomic E-state index is -1.42. The average Bonchev–Trinajstić information content (AvgIpc) is 2.64. The van der Waals surface area contributed by atoms with Gasteiger partial charge in [-0.25, -0.2) is 4.79 Å². The fraction of sp³-hybridized carbons (Fsp3) is 0.500. The van der Waals surface area contributed by atoms with Gasteiger partial charge in [0.05, 0.1) is 6.42 Å². The normalized spacial score (nSPS) is 11.4. The first kappa shape index (κ1) is 23.1. The van der Waals surface area contributed by atoms with Gasteiger partial charge < -0.3 is 20.8 Å². The lowest BCUT2D eigenvalue weighted by Gasteiger charge is -2.12. The zero-order chi connectivity index (χ0) is 20.8. The molecule has 0 aliphatic heterocycles. The Balaban J connectivity index is 2.05. The Labute approximate surface area is 164 Å². The highest BCUT2D eigenvalue weighted by molar-refractivity contribution is 5.86. The van der Waals surface area contributed by atoms with E-state index >= 15 is 0 Å². The summed E-state index contributed by atoms with van der Waals surface area (Å²) in [4.78, 5) is 44.9. The molecule has 0 heterocycles. The average molecular weight is 392 g/mol. The van der Waals surface area contributed by atoms with Crippen LogP contribution in [-0.2, 0) is 25.6 Å². The van der Waals surface area contributed by atoms with Crippen LogP contribution in [0, 0.1) is 0 Å². The number of nitrogens with one attached hydrogen (secondary N) is 2. The van der Waals surface area contributed by atoms with E-state index < -0.39 is 30.3 Å². The Kier molecular flexibility index (Phi) is 11.0. The highest BCUT2D eigenvalue weighted by atomic mass is 16.4.